The normalized spacial score (nSPS) is 21.1. The van der Waals surface area contributed by atoms with Crippen LogP contribution < -0.4 is 10.6 Å². The standard InChI is InChI=1S/C24H38N2O2/c1-17(2)20-8-7-9-21(18(3)4)22(20)26-15-14-25-13-10-19-16-24(23(27)28-19)11-5-6-12-24/h7-9,17-19,25-26H,5-6,10-16H2,1-4H3. The zero-order chi connectivity index (χ0) is 20.1. The van der Waals surface area contributed by atoms with Gasteiger partial charge in [-0.1, -0.05) is 58.7 Å². The predicted molar refractivity (Wildman–Crippen MR) is 116 cm³/mol. The molecule has 1 aliphatic heterocycles. The molecule has 1 saturated heterocycles. The number of rotatable bonds is 9. The van der Waals surface area contributed by atoms with Gasteiger partial charge in [-0.25, -0.2) is 0 Å². The third kappa shape index (κ3) is 4.71. The molecule has 1 aromatic carbocycles. The number of carbonyl (C=O) groups excluding carboxylic acids is 1. The van der Waals surface area contributed by atoms with E-state index in [4.69, 9.17) is 4.74 Å². The summed E-state index contributed by atoms with van der Waals surface area (Å²) in [7, 11) is 0. The second-order valence-corrected chi connectivity index (χ2v) is 9.31. The molecule has 1 heterocycles. The maximum atomic E-state index is 12.2. The molecule has 1 aromatic rings. The number of carbonyl (C=O) groups is 1. The van der Waals surface area contributed by atoms with Gasteiger partial charge in [0, 0.05) is 25.2 Å². The third-order valence-electron chi connectivity index (χ3n) is 6.51. The lowest BCUT2D eigenvalue weighted by atomic mass is 9.83. The van der Waals surface area contributed by atoms with E-state index in [1.54, 1.807) is 0 Å². The molecule has 4 nitrogen and oxygen atoms in total. The molecular formula is C24H38N2O2. The van der Waals surface area contributed by atoms with Crippen molar-refractivity contribution in [1.82, 2.24) is 5.32 Å². The van der Waals surface area contributed by atoms with E-state index in [0.717, 1.165) is 45.3 Å². The number of benzene rings is 1. The Bertz CT molecular complexity index is 636. The fraction of sp³-hybridized carbons (Fsp3) is 0.708. The first kappa shape index (κ1) is 21.2. The lowest BCUT2D eigenvalue weighted by Gasteiger charge is -2.21. The van der Waals surface area contributed by atoms with Crippen LogP contribution in [0.15, 0.2) is 18.2 Å². The highest BCUT2D eigenvalue weighted by atomic mass is 16.6. The number of anilines is 1. The molecule has 1 atom stereocenters. The zero-order valence-corrected chi connectivity index (χ0v) is 18.1. The van der Waals surface area contributed by atoms with Crippen LogP contribution >= 0.6 is 0 Å². The molecule has 0 radical (unpaired) electrons. The number of para-hydroxylation sites is 1. The maximum absolute atomic E-state index is 12.2. The van der Waals surface area contributed by atoms with Crippen molar-refractivity contribution in [2.24, 2.45) is 5.41 Å². The van der Waals surface area contributed by atoms with Crippen LogP contribution in [0.4, 0.5) is 5.69 Å². The summed E-state index contributed by atoms with van der Waals surface area (Å²) in [4.78, 5) is 12.2. The largest absolute Gasteiger partial charge is 0.462 e. The number of ether oxygens (including phenoxy) is 1. The van der Waals surface area contributed by atoms with Crippen LogP contribution in [0.5, 0.6) is 0 Å². The fourth-order valence-electron chi connectivity index (χ4n) is 4.88. The van der Waals surface area contributed by atoms with Gasteiger partial charge in [-0.2, -0.15) is 0 Å². The molecule has 1 spiro atoms. The molecule has 3 rings (SSSR count). The minimum absolute atomic E-state index is 0.0724. The smallest absolute Gasteiger partial charge is 0.312 e. The number of hydrogen-bond donors (Lipinski definition) is 2. The van der Waals surface area contributed by atoms with E-state index in [2.05, 4.69) is 56.5 Å². The summed E-state index contributed by atoms with van der Waals surface area (Å²) in [6, 6.07) is 6.65. The second kappa shape index (κ2) is 9.30. The van der Waals surface area contributed by atoms with Crippen molar-refractivity contribution in [3.8, 4) is 0 Å². The van der Waals surface area contributed by atoms with Crippen molar-refractivity contribution in [2.75, 3.05) is 25.0 Å². The molecule has 28 heavy (non-hydrogen) atoms. The molecule has 0 amide bonds. The second-order valence-electron chi connectivity index (χ2n) is 9.31. The van der Waals surface area contributed by atoms with Crippen LogP contribution in [0.25, 0.3) is 0 Å². The molecule has 2 N–H and O–H groups in total. The highest BCUT2D eigenvalue weighted by Crippen LogP contribution is 2.48. The SMILES string of the molecule is CC(C)c1cccc(C(C)C)c1NCCNCCC1CC2(CCCC2)C(=O)O1. The summed E-state index contributed by atoms with van der Waals surface area (Å²) >= 11 is 0. The Labute approximate surface area is 170 Å². The molecule has 0 bridgehead atoms. The molecule has 0 aromatic heterocycles. The molecule has 2 aliphatic rings. The van der Waals surface area contributed by atoms with E-state index in [1.807, 2.05) is 0 Å². The number of hydrogen-bond acceptors (Lipinski definition) is 4. The third-order valence-corrected chi connectivity index (χ3v) is 6.51. The van der Waals surface area contributed by atoms with Crippen LogP contribution in [-0.2, 0) is 9.53 Å². The summed E-state index contributed by atoms with van der Waals surface area (Å²) in [6.45, 7) is 11.7. The first-order valence-electron chi connectivity index (χ1n) is 11.2. The van der Waals surface area contributed by atoms with Crippen LogP contribution in [0, 0.1) is 5.41 Å². The van der Waals surface area contributed by atoms with E-state index in [9.17, 15) is 4.79 Å². The quantitative estimate of drug-likeness (QED) is 0.452. The van der Waals surface area contributed by atoms with Crippen LogP contribution in [0.1, 0.15) is 89.2 Å². The minimum atomic E-state index is -0.125. The number of cyclic esters (lactones) is 1. The van der Waals surface area contributed by atoms with Crippen molar-refractivity contribution in [2.45, 2.75) is 84.2 Å². The van der Waals surface area contributed by atoms with Gasteiger partial charge in [0.1, 0.15) is 6.10 Å². The Morgan fingerprint density at radius 1 is 1.04 bits per heavy atom. The van der Waals surface area contributed by atoms with Crippen molar-refractivity contribution in [3.05, 3.63) is 29.3 Å². The minimum Gasteiger partial charge on any atom is -0.462 e. The molecular weight excluding hydrogens is 348 g/mol. The summed E-state index contributed by atoms with van der Waals surface area (Å²) in [5.74, 6) is 1.09. The molecule has 1 unspecified atom stereocenters. The van der Waals surface area contributed by atoms with Crippen molar-refractivity contribution in [3.63, 3.8) is 0 Å². The molecule has 1 saturated carbocycles. The Morgan fingerprint density at radius 3 is 2.29 bits per heavy atom. The summed E-state index contributed by atoms with van der Waals surface area (Å²) in [5, 5.41) is 7.19. The van der Waals surface area contributed by atoms with Gasteiger partial charge in [0.05, 0.1) is 5.41 Å². The average molecular weight is 387 g/mol. The van der Waals surface area contributed by atoms with Gasteiger partial charge in [-0.15, -0.1) is 0 Å². The van der Waals surface area contributed by atoms with Gasteiger partial charge in [-0.05, 0) is 48.8 Å². The molecule has 1 aliphatic carbocycles. The highest BCUT2D eigenvalue weighted by Gasteiger charge is 2.49. The van der Waals surface area contributed by atoms with E-state index in [-0.39, 0.29) is 17.5 Å². The van der Waals surface area contributed by atoms with Gasteiger partial charge >= 0.3 is 5.97 Å². The van der Waals surface area contributed by atoms with Crippen LogP contribution in [-0.4, -0.2) is 31.7 Å². The zero-order valence-electron chi connectivity index (χ0n) is 18.1. The predicted octanol–water partition coefficient (Wildman–Crippen LogP) is 5.20. The number of esters is 1. The van der Waals surface area contributed by atoms with Crippen molar-refractivity contribution >= 4 is 11.7 Å². The monoisotopic (exact) mass is 386 g/mol. The Hall–Kier alpha value is -1.55. The van der Waals surface area contributed by atoms with Gasteiger partial charge < -0.3 is 15.4 Å². The van der Waals surface area contributed by atoms with Crippen molar-refractivity contribution in [1.29, 1.82) is 0 Å². The van der Waals surface area contributed by atoms with Gasteiger partial charge in [0.25, 0.3) is 0 Å². The van der Waals surface area contributed by atoms with Gasteiger partial charge in [-0.3, -0.25) is 4.79 Å². The van der Waals surface area contributed by atoms with Crippen molar-refractivity contribution < 1.29 is 9.53 Å². The van der Waals surface area contributed by atoms with Gasteiger partial charge in [0.15, 0.2) is 0 Å². The lowest BCUT2D eigenvalue weighted by Crippen LogP contribution is -2.26. The fourth-order valence-corrected chi connectivity index (χ4v) is 4.88. The van der Waals surface area contributed by atoms with Crippen LogP contribution in [0.3, 0.4) is 0 Å². The van der Waals surface area contributed by atoms with E-state index >= 15 is 0 Å². The Balaban J connectivity index is 1.42. The number of nitrogens with one attached hydrogen (secondary N) is 2. The Morgan fingerprint density at radius 2 is 1.68 bits per heavy atom. The van der Waals surface area contributed by atoms with E-state index in [1.165, 1.54) is 29.7 Å². The average Bonchev–Trinajstić information content (AvgIpc) is 3.25. The molecule has 156 valence electrons. The maximum Gasteiger partial charge on any atom is 0.312 e. The molecule has 2 fully saturated rings. The summed E-state index contributed by atoms with van der Waals surface area (Å²) < 4.78 is 5.66. The van der Waals surface area contributed by atoms with Gasteiger partial charge in [0.2, 0.25) is 0 Å². The van der Waals surface area contributed by atoms with E-state index < -0.39 is 0 Å². The van der Waals surface area contributed by atoms with E-state index in [0.29, 0.717) is 11.8 Å². The summed E-state index contributed by atoms with van der Waals surface area (Å²) in [5.41, 5.74) is 3.97. The first-order chi connectivity index (χ1) is 13.4. The summed E-state index contributed by atoms with van der Waals surface area (Å²) in [6.07, 6.45) is 6.41. The Kier molecular flexibility index (Phi) is 7.03. The lowest BCUT2D eigenvalue weighted by molar-refractivity contribution is -0.148. The first-order valence-corrected chi connectivity index (χ1v) is 11.2. The topological polar surface area (TPSA) is 50.4 Å². The van der Waals surface area contributed by atoms with Crippen LogP contribution in [0.2, 0.25) is 0 Å². The highest BCUT2D eigenvalue weighted by molar-refractivity contribution is 5.79. The molecule has 4 heteroatoms.